The maximum absolute atomic E-state index is 11.2. The fraction of sp³-hybridized carbons (Fsp3) is 0.571. The summed E-state index contributed by atoms with van der Waals surface area (Å²) in [7, 11) is 1.34. The normalized spacial score (nSPS) is 22.0. The number of nitrogens with zero attached hydrogens (tertiary/aromatic N) is 1. The van der Waals surface area contributed by atoms with Gasteiger partial charge in [-0.1, -0.05) is 6.92 Å². The molecule has 1 aliphatic heterocycles. The average Bonchev–Trinajstić information content (AvgIpc) is 2.32. The van der Waals surface area contributed by atoms with Gasteiger partial charge in [-0.15, -0.1) is 5.06 Å². The van der Waals surface area contributed by atoms with Crippen LogP contribution in [-0.2, 0) is 14.4 Å². The summed E-state index contributed by atoms with van der Waals surface area (Å²) in [6.07, 6.45) is -0.730. The fourth-order valence-corrected chi connectivity index (χ4v) is 0.980. The Morgan fingerprint density at radius 1 is 1.62 bits per heavy atom. The van der Waals surface area contributed by atoms with Crippen LogP contribution >= 0.6 is 0 Å². The van der Waals surface area contributed by atoms with Gasteiger partial charge < -0.3 is 10.2 Å². The maximum Gasteiger partial charge on any atom is 0.431 e. The van der Waals surface area contributed by atoms with Crippen molar-refractivity contribution in [2.45, 2.75) is 13.3 Å². The maximum atomic E-state index is 11.2. The number of amides is 3. The molecule has 6 heteroatoms. The minimum absolute atomic E-state index is 0.0931. The van der Waals surface area contributed by atoms with Crippen molar-refractivity contribution >= 4 is 17.9 Å². The van der Waals surface area contributed by atoms with Crippen LogP contribution in [0.2, 0.25) is 0 Å². The molecule has 1 saturated heterocycles. The zero-order valence-electron chi connectivity index (χ0n) is 7.36. The van der Waals surface area contributed by atoms with E-state index in [4.69, 9.17) is 0 Å². The van der Waals surface area contributed by atoms with Gasteiger partial charge in [0.05, 0.1) is 0 Å². The lowest BCUT2D eigenvalue weighted by atomic mass is 10.1. The standard InChI is InChI=1S/C7H10N2O4/c1-4-3-5(10)9(6(4)11)13-7(12)8-2/h4H,3H2,1-2H3,(H,8,12). The summed E-state index contributed by atoms with van der Waals surface area (Å²) in [4.78, 5) is 37.3. The van der Waals surface area contributed by atoms with E-state index in [0.717, 1.165) is 0 Å². The molecule has 1 aliphatic rings. The molecule has 1 unspecified atom stereocenters. The van der Waals surface area contributed by atoms with E-state index in [9.17, 15) is 14.4 Å². The molecule has 1 N–H and O–H groups in total. The Kier molecular flexibility index (Phi) is 2.50. The van der Waals surface area contributed by atoms with Crippen molar-refractivity contribution < 1.29 is 19.2 Å². The first-order chi connectivity index (χ1) is 6.06. The Morgan fingerprint density at radius 3 is 2.62 bits per heavy atom. The van der Waals surface area contributed by atoms with Crippen LogP contribution in [0.5, 0.6) is 0 Å². The summed E-state index contributed by atoms with van der Waals surface area (Å²) in [6, 6.07) is 0. The van der Waals surface area contributed by atoms with Gasteiger partial charge in [-0.25, -0.2) is 4.79 Å². The van der Waals surface area contributed by atoms with Gasteiger partial charge in [0.2, 0.25) is 0 Å². The topological polar surface area (TPSA) is 75.7 Å². The second-order valence-electron chi connectivity index (χ2n) is 2.76. The lowest BCUT2D eigenvalue weighted by molar-refractivity contribution is -0.172. The van der Waals surface area contributed by atoms with Gasteiger partial charge in [-0.2, -0.15) is 0 Å². The Morgan fingerprint density at radius 2 is 2.23 bits per heavy atom. The summed E-state index contributed by atoms with van der Waals surface area (Å²) >= 11 is 0. The molecular weight excluding hydrogens is 176 g/mol. The van der Waals surface area contributed by atoms with Crippen LogP contribution in [0.25, 0.3) is 0 Å². The van der Waals surface area contributed by atoms with Crippen molar-refractivity contribution in [3.05, 3.63) is 0 Å². The third kappa shape index (κ3) is 1.77. The first-order valence-corrected chi connectivity index (χ1v) is 3.82. The van der Waals surface area contributed by atoms with Crippen molar-refractivity contribution in [3.63, 3.8) is 0 Å². The summed E-state index contributed by atoms with van der Waals surface area (Å²) in [5, 5.41) is 2.64. The predicted octanol–water partition coefficient (Wildman–Crippen LogP) is -0.348. The minimum Gasteiger partial charge on any atom is -0.323 e. The van der Waals surface area contributed by atoms with Crippen molar-refractivity contribution in [2.24, 2.45) is 5.92 Å². The van der Waals surface area contributed by atoms with Crippen LogP contribution in [-0.4, -0.2) is 30.0 Å². The van der Waals surface area contributed by atoms with E-state index < -0.39 is 23.8 Å². The van der Waals surface area contributed by atoms with E-state index in [1.807, 2.05) is 0 Å². The Hall–Kier alpha value is -1.59. The molecule has 0 aromatic heterocycles. The second kappa shape index (κ2) is 3.42. The Labute approximate surface area is 74.8 Å². The molecular formula is C7H10N2O4. The molecule has 0 aromatic rings. The van der Waals surface area contributed by atoms with Gasteiger partial charge in [0.1, 0.15) is 0 Å². The van der Waals surface area contributed by atoms with E-state index in [2.05, 4.69) is 10.2 Å². The monoisotopic (exact) mass is 186 g/mol. The summed E-state index contributed by atoms with van der Waals surface area (Å²) in [6.45, 7) is 1.60. The highest BCUT2D eigenvalue weighted by Gasteiger charge is 2.38. The third-order valence-corrected chi connectivity index (χ3v) is 1.71. The number of hydroxylamine groups is 2. The molecule has 1 heterocycles. The highest BCUT2D eigenvalue weighted by atomic mass is 16.7. The van der Waals surface area contributed by atoms with Crippen molar-refractivity contribution in [2.75, 3.05) is 7.05 Å². The molecule has 0 aromatic carbocycles. The summed E-state index contributed by atoms with van der Waals surface area (Å²) < 4.78 is 0. The Bertz CT molecular complexity index is 263. The van der Waals surface area contributed by atoms with Gasteiger partial charge >= 0.3 is 6.09 Å². The van der Waals surface area contributed by atoms with Gasteiger partial charge in [0, 0.05) is 19.4 Å². The predicted molar refractivity (Wildman–Crippen MR) is 41.2 cm³/mol. The van der Waals surface area contributed by atoms with E-state index in [1.165, 1.54) is 7.05 Å². The minimum atomic E-state index is -0.823. The van der Waals surface area contributed by atoms with Gasteiger partial charge in [0.25, 0.3) is 11.8 Å². The van der Waals surface area contributed by atoms with Gasteiger partial charge in [-0.05, 0) is 0 Å². The molecule has 0 radical (unpaired) electrons. The lowest BCUT2D eigenvalue weighted by Crippen LogP contribution is -2.36. The number of rotatable bonds is 1. The van der Waals surface area contributed by atoms with Crippen LogP contribution in [0.1, 0.15) is 13.3 Å². The molecule has 1 fully saturated rings. The third-order valence-electron chi connectivity index (χ3n) is 1.71. The quantitative estimate of drug-likeness (QED) is 0.568. The largest absolute Gasteiger partial charge is 0.431 e. The number of carbonyl (C=O) groups excluding carboxylic acids is 3. The lowest BCUT2D eigenvalue weighted by Gasteiger charge is -2.11. The summed E-state index contributed by atoms with van der Waals surface area (Å²) in [5.41, 5.74) is 0. The van der Waals surface area contributed by atoms with Crippen LogP contribution in [0.3, 0.4) is 0 Å². The highest BCUT2D eigenvalue weighted by Crippen LogP contribution is 2.18. The molecule has 0 spiro atoms. The second-order valence-corrected chi connectivity index (χ2v) is 2.76. The zero-order chi connectivity index (χ0) is 10.0. The van der Waals surface area contributed by atoms with Crippen molar-refractivity contribution in [3.8, 4) is 0 Å². The number of hydrogen-bond donors (Lipinski definition) is 1. The van der Waals surface area contributed by atoms with E-state index in [1.54, 1.807) is 6.92 Å². The van der Waals surface area contributed by atoms with Crippen molar-refractivity contribution in [1.29, 1.82) is 0 Å². The highest BCUT2D eigenvalue weighted by molar-refractivity contribution is 6.02. The zero-order valence-corrected chi connectivity index (χ0v) is 7.36. The smallest absolute Gasteiger partial charge is 0.323 e. The van der Waals surface area contributed by atoms with Crippen LogP contribution in [0.15, 0.2) is 0 Å². The molecule has 1 rings (SSSR count). The number of carbonyl (C=O) groups is 3. The molecule has 0 aliphatic carbocycles. The van der Waals surface area contributed by atoms with Crippen LogP contribution in [0.4, 0.5) is 4.79 Å². The SMILES string of the molecule is CNC(=O)ON1C(=O)CC(C)C1=O. The fourth-order valence-electron chi connectivity index (χ4n) is 0.980. The summed E-state index contributed by atoms with van der Waals surface area (Å²) in [5.74, 6) is -1.37. The van der Waals surface area contributed by atoms with E-state index >= 15 is 0 Å². The molecule has 72 valence electrons. The number of hydrogen-bond acceptors (Lipinski definition) is 4. The van der Waals surface area contributed by atoms with Crippen LogP contribution in [0, 0.1) is 5.92 Å². The number of nitrogens with one attached hydrogen (secondary N) is 1. The molecule has 1 atom stereocenters. The van der Waals surface area contributed by atoms with Gasteiger partial charge in [-0.3, -0.25) is 9.59 Å². The Balaban J connectivity index is 2.64. The molecule has 0 bridgehead atoms. The first-order valence-electron chi connectivity index (χ1n) is 3.82. The van der Waals surface area contributed by atoms with E-state index in [-0.39, 0.29) is 6.42 Å². The molecule has 0 saturated carbocycles. The van der Waals surface area contributed by atoms with Gasteiger partial charge in [0.15, 0.2) is 0 Å². The average molecular weight is 186 g/mol. The van der Waals surface area contributed by atoms with E-state index in [0.29, 0.717) is 5.06 Å². The molecule has 13 heavy (non-hydrogen) atoms. The van der Waals surface area contributed by atoms with Crippen molar-refractivity contribution in [1.82, 2.24) is 10.4 Å². The molecule has 3 amide bonds. The van der Waals surface area contributed by atoms with Crippen LogP contribution < -0.4 is 5.32 Å². The number of imide groups is 1. The first kappa shape index (κ1) is 9.50. The molecule has 6 nitrogen and oxygen atoms in total.